The molecule has 3 rings (SSSR count). The molecule has 5 nitrogen and oxygen atoms in total. The van der Waals surface area contributed by atoms with Crippen molar-refractivity contribution >= 4 is 29.1 Å². The van der Waals surface area contributed by atoms with Crippen LogP contribution in [0.4, 0.5) is 5.69 Å². The molecule has 0 spiro atoms. The molecule has 0 radical (unpaired) electrons. The highest BCUT2D eigenvalue weighted by Gasteiger charge is 2.22. The van der Waals surface area contributed by atoms with Crippen LogP contribution in [-0.4, -0.2) is 18.9 Å². The van der Waals surface area contributed by atoms with Crippen LogP contribution in [0.2, 0.25) is 5.02 Å². The van der Waals surface area contributed by atoms with Crippen LogP contribution < -0.4 is 15.4 Å². The minimum atomic E-state index is -0.269. The van der Waals surface area contributed by atoms with E-state index in [2.05, 4.69) is 10.6 Å². The second-order valence-electron chi connectivity index (χ2n) is 6.70. The monoisotopic (exact) mass is 386 g/mol. The Labute approximate surface area is 164 Å². The quantitative estimate of drug-likeness (QED) is 0.772. The van der Waals surface area contributed by atoms with Crippen LogP contribution in [0.1, 0.15) is 41.6 Å². The highest BCUT2D eigenvalue weighted by Crippen LogP contribution is 2.26. The van der Waals surface area contributed by atoms with E-state index in [0.29, 0.717) is 22.9 Å². The van der Waals surface area contributed by atoms with Crippen LogP contribution in [0.15, 0.2) is 42.5 Å². The number of carbonyl (C=O) groups is 2. The predicted molar refractivity (Wildman–Crippen MR) is 106 cm³/mol. The van der Waals surface area contributed by atoms with Gasteiger partial charge in [0.1, 0.15) is 5.75 Å². The largest absolute Gasteiger partial charge is 0.496 e. The number of methoxy groups -OCH3 is 1. The van der Waals surface area contributed by atoms with E-state index in [1.807, 2.05) is 24.3 Å². The summed E-state index contributed by atoms with van der Waals surface area (Å²) in [7, 11) is 1.51. The van der Waals surface area contributed by atoms with Crippen LogP contribution >= 0.6 is 11.6 Å². The van der Waals surface area contributed by atoms with Gasteiger partial charge in [-0.25, -0.2) is 0 Å². The van der Waals surface area contributed by atoms with Gasteiger partial charge in [0.25, 0.3) is 5.91 Å². The lowest BCUT2D eigenvalue weighted by Gasteiger charge is -2.12. The van der Waals surface area contributed by atoms with Gasteiger partial charge in [-0.2, -0.15) is 0 Å². The molecular weight excluding hydrogens is 364 g/mol. The molecule has 27 heavy (non-hydrogen) atoms. The van der Waals surface area contributed by atoms with E-state index in [-0.39, 0.29) is 17.7 Å². The zero-order valence-corrected chi connectivity index (χ0v) is 16.0. The summed E-state index contributed by atoms with van der Waals surface area (Å²) in [6.45, 7) is 0.335. The maximum absolute atomic E-state index is 12.5. The zero-order chi connectivity index (χ0) is 19.2. The van der Waals surface area contributed by atoms with Crippen LogP contribution in [0.5, 0.6) is 5.75 Å². The summed E-state index contributed by atoms with van der Waals surface area (Å²) in [5, 5.41) is 6.31. The highest BCUT2D eigenvalue weighted by atomic mass is 35.5. The maximum Gasteiger partial charge on any atom is 0.255 e. The summed E-state index contributed by atoms with van der Waals surface area (Å²) in [5.74, 6) is 0.394. The molecule has 0 atom stereocenters. The minimum absolute atomic E-state index is 0.0809. The second-order valence-corrected chi connectivity index (χ2v) is 7.13. The minimum Gasteiger partial charge on any atom is -0.496 e. The Balaban J connectivity index is 1.62. The molecule has 1 aliphatic rings. The van der Waals surface area contributed by atoms with Crippen LogP contribution in [0.25, 0.3) is 0 Å². The highest BCUT2D eigenvalue weighted by molar-refractivity contribution is 6.31. The zero-order valence-electron chi connectivity index (χ0n) is 15.3. The van der Waals surface area contributed by atoms with Crippen molar-refractivity contribution in [2.24, 2.45) is 5.92 Å². The summed E-state index contributed by atoms with van der Waals surface area (Å²) in [4.78, 5) is 24.7. The Hall–Kier alpha value is -2.53. The molecule has 1 aliphatic carbocycles. The predicted octanol–water partition coefficient (Wildman–Crippen LogP) is 4.41. The van der Waals surface area contributed by atoms with Crippen LogP contribution in [0, 0.1) is 5.92 Å². The Bertz CT molecular complexity index is 832. The summed E-state index contributed by atoms with van der Waals surface area (Å²) >= 11 is 5.98. The van der Waals surface area contributed by atoms with Crippen LogP contribution in [-0.2, 0) is 11.3 Å². The molecule has 1 saturated carbocycles. The Morgan fingerprint density at radius 3 is 2.67 bits per heavy atom. The lowest BCUT2D eigenvalue weighted by atomic mass is 10.1. The number of anilines is 1. The van der Waals surface area contributed by atoms with E-state index in [1.54, 1.807) is 18.2 Å². The van der Waals surface area contributed by atoms with Crippen LogP contribution in [0.3, 0.4) is 0 Å². The molecule has 0 aliphatic heterocycles. The van der Waals surface area contributed by atoms with E-state index in [0.717, 1.165) is 36.9 Å². The first-order chi connectivity index (χ1) is 13.1. The maximum atomic E-state index is 12.5. The molecule has 0 aromatic heterocycles. The van der Waals surface area contributed by atoms with Crippen molar-refractivity contribution in [3.63, 3.8) is 0 Å². The van der Waals surface area contributed by atoms with Crippen molar-refractivity contribution in [3.05, 3.63) is 58.6 Å². The molecule has 2 aromatic carbocycles. The third-order valence-corrected chi connectivity index (χ3v) is 5.01. The number of carbonyl (C=O) groups excluding carboxylic acids is 2. The molecule has 2 aromatic rings. The number of benzene rings is 2. The topological polar surface area (TPSA) is 67.4 Å². The first kappa shape index (κ1) is 19.2. The number of halogens is 1. The fraction of sp³-hybridized carbons (Fsp3) is 0.333. The van der Waals surface area contributed by atoms with Gasteiger partial charge in [0.05, 0.1) is 12.7 Å². The molecular formula is C21H23ClN2O3. The Kier molecular flexibility index (Phi) is 6.35. The molecule has 0 heterocycles. The van der Waals surface area contributed by atoms with Crippen molar-refractivity contribution < 1.29 is 14.3 Å². The molecule has 0 unspecified atom stereocenters. The molecule has 0 bridgehead atoms. The number of hydrogen-bond acceptors (Lipinski definition) is 3. The van der Waals surface area contributed by atoms with Crippen molar-refractivity contribution in [2.75, 3.05) is 12.4 Å². The summed E-state index contributed by atoms with van der Waals surface area (Å²) in [6, 6.07) is 12.4. The van der Waals surface area contributed by atoms with E-state index in [4.69, 9.17) is 16.3 Å². The Morgan fingerprint density at radius 2 is 1.93 bits per heavy atom. The SMILES string of the molecule is COc1ccc(Cl)cc1C(=O)NCc1cccc(NC(=O)C2CCCC2)c1. The van der Waals surface area contributed by atoms with Gasteiger partial charge in [-0.1, -0.05) is 36.6 Å². The van der Waals surface area contributed by atoms with Gasteiger partial charge in [0.15, 0.2) is 0 Å². The molecule has 2 N–H and O–H groups in total. The van der Waals surface area contributed by atoms with Gasteiger partial charge in [0, 0.05) is 23.2 Å². The van der Waals surface area contributed by atoms with Gasteiger partial charge in [-0.3, -0.25) is 9.59 Å². The number of nitrogens with one attached hydrogen (secondary N) is 2. The third-order valence-electron chi connectivity index (χ3n) is 4.78. The molecule has 2 amide bonds. The van der Waals surface area contributed by atoms with E-state index in [1.165, 1.54) is 7.11 Å². The average Bonchev–Trinajstić information content (AvgIpc) is 3.21. The van der Waals surface area contributed by atoms with Gasteiger partial charge in [0.2, 0.25) is 5.91 Å². The average molecular weight is 387 g/mol. The molecule has 1 fully saturated rings. The fourth-order valence-corrected chi connectivity index (χ4v) is 3.50. The van der Waals surface area contributed by atoms with Crippen molar-refractivity contribution in [2.45, 2.75) is 32.2 Å². The second kappa shape index (κ2) is 8.91. The lowest BCUT2D eigenvalue weighted by molar-refractivity contribution is -0.119. The fourth-order valence-electron chi connectivity index (χ4n) is 3.33. The molecule has 6 heteroatoms. The molecule has 0 saturated heterocycles. The normalized spacial score (nSPS) is 14.0. The summed E-state index contributed by atoms with van der Waals surface area (Å²) in [5.41, 5.74) is 2.03. The van der Waals surface area contributed by atoms with Gasteiger partial charge in [-0.15, -0.1) is 0 Å². The van der Waals surface area contributed by atoms with Gasteiger partial charge in [-0.05, 0) is 48.7 Å². The summed E-state index contributed by atoms with van der Waals surface area (Å²) < 4.78 is 5.22. The smallest absolute Gasteiger partial charge is 0.255 e. The number of amides is 2. The van der Waals surface area contributed by atoms with Gasteiger partial charge >= 0.3 is 0 Å². The number of hydrogen-bond donors (Lipinski definition) is 2. The first-order valence-corrected chi connectivity index (χ1v) is 9.46. The first-order valence-electron chi connectivity index (χ1n) is 9.08. The van der Waals surface area contributed by atoms with E-state index >= 15 is 0 Å². The lowest BCUT2D eigenvalue weighted by Crippen LogP contribution is -2.23. The van der Waals surface area contributed by atoms with E-state index < -0.39 is 0 Å². The standard InChI is InChI=1S/C21H23ClN2O3/c1-27-19-10-9-16(22)12-18(19)21(26)23-13-14-5-4-8-17(11-14)24-20(25)15-6-2-3-7-15/h4-5,8-12,15H,2-3,6-7,13H2,1H3,(H,23,26)(H,24,25). The summed E-state index contributed by atoms with van der Waals surface area (Å²) in [6.07, 6.45) is 4.17. The third kappa shape index (κ3) is 5.01. The molecule has 142 valence electrons. The van der Waals surface area contributed by atoms with Crippen molar-refractivity contribution in [1.82, 2.24) is 5.32 Å². The van der Waals surface area contributed by atoms with E-state index in [9.17, 15) is 9.59 Å². The number of ether oxygens (including phenoxy) is 1. The number of rotatable bonds is 6. The Morgan fingerprint density at radius 1 is 1.15 bits per heavy atom. The van der Waals surface area contributed by atoms with Crippen molar-refractivity contribution in [1.29, 1.82) is 0 Å². The van der Waals surface area contributed by atoms with Crippen molar-refractivity contribution in [3.8, 4) is 5.75 Å². The van der Waals surface area contributed by atoms with Gasteiger partial charge < -0.3 is 15.4 Å².